The molecule has 0 unspecified atom stereocenters. The Hall–Kier alpha value is -2.41. The molecule has 1 aromatic carbocycles. The van der Waals surface area contributed by atoms with E-state index < -0.39 is 5.97 Å². The number of amides is 1. The molecule has 2 rings (SSSR count). The molecule has 0 aliphatic rings. The molecule has 1 amide bonds. The van der Waals surface area contributed by atoms with Crippen LogP contribution in [-0.2, 0) is 16.1 Å². The monoisotopic (exact) mass is 334 g/mol. The van der Waals surface area contributed by atoms with Gasteiger partial charge in [0.2, 0.25) is 0 Å². The molecule has 0 N–H and O–H groups in total. The van der Waals surface area contributed by atoms with Crippen molar-refractivity contribution in [1.29, 1.82) is 0 Å². The van der Waals surface area contributed by atoms with Crippen molar-refractivity contribution >= 4 is 23.2 Å². The van der Waals surface area contributed by atoms with E-state index in [4.69, 9.17) is 9.47 Å². The second kappa shape index (κ2) is 7.73. The van der Waals surface area contributed by atoms with Crippen LogP contribution < -0.4 is 4.74 Å². The molecule has 0 spiro atoms. The molecule has 0 saturated carbocycles. The van der Waals surface area contributed by atoms with Gasteiger partial charge in [-0.15, -0.1) is 11.3 Å². The summed E-state index contributed by atoms with van der Waals surface area (Å²) >= 11 is 1.31. The molecule has 0 aliphatic carbocycles. The van der Waals surface area contributed by atoms with Crippen LogP contribution in [-0.4, -0.2) is 42.5 Å². The predicted molar refractivity (Wildman–Crippen MR) is 86.6 cm³/mol. The normalized spacial score (nSPS) is 10.2. The Kier molecular flexibility index (Phi) is 5.70. The van der Waals surface area contributed by atoms with Crippen LogP contribution in [0.15, 0.2) is 29.6 Å². The van der Waals surface area contributed by atoms with Crippen LogP contribution in [0.1, 0.15) is 21.1 Å². The lowest BCUT2D eigenvalue weighted by Crippen LogP contribution is -2.27. The predicted octanol–water partition coefficient (Wildman–Crippen LogP) is 2.28. The number of ether oxygens (including phenoxy) is 2. The van der Waals surface area contributed by atoms with Gasteiger partial charge in [0.15, 0.2) is 12.3 Å². The van der Waals surface area contributed by atoms with Crippen molar-refractivity contribution in [2.45, 2.75) is 13.5 Å². The Morgan fingerprint density at radius 2 is 1.91 bits per heavy atom. The molecule has 23 heavy (non-hydrogen) atoms. The first-order valence-electron chi connectivity index (χ1n) is 6.97. The molecule has 6 nitrogen and oxygen atoms in total. The van der Waals surface area contributed by atoms with E-state index in [0.717, 1.165) is 11.3 Å². The average molecular weight is 334 g/mol. The zero-order chi connectivity index (χ0) is 16.8. The van der Waals surface area contributed by atoms with Gasteiger partial charge in [-0.05, 0) is 19.1 Å². The van der Waals surface area contributed by atoms with Crippen molar-refractivity contribution in [3.05, 3.63) is 45.9 Å². The standard InChI is InChI=1S/C16H18N2O4S/c1-11-4-6-12(7-5-11)21-8-14-17-13(10-23-14)16(20)22-9-15(19)18(2)3/h4-7,10H,8-9H2,1-3H3. The van der Waals surface area contributed by atoms with Crippen molar-refractivity contribution in [2.75, 3.05) is 20.7 Å². The maximum atomic E-state index is 11.8. The van der Waals surface area contributed by atoms with Gasteiger partial charge in [0.1, 0.15) is 17.4 Å². The van der Waals surface area contributed by atoms with E-state index in [9.17, 15) is 9.59 Å². The Balaban J connectivity index is 1.86. The zero-order valence-electron chi connectivity index (χ0n) is 13.2. The van der Waals surface area contributed by atoms with E-state index in [0.29, 0.717) is 5.01 Å². The zero-order valence-corrected chi connectivity index (χ0v) is 14.1. The molecule has 1 heterocycles. The highest BCUT2D eigenvalue weighted by molar-refractivity contribution is 7.09. The Labute approximate surface area is 138 Å². The van der Waals surface area contributed by atoms with Crippen LogP contribution in [0.4, 0.5) is 0 Å². The largest absolute Gasteiger partial charge is 0.486 e. The molecule has 0 atom stereocenters. The van der Waals surface area contributed by atoms with Gasteiger partial charge in [0.25, 0.3) is 5.91 Å². The lowest BCUT2D eigenvalue weighted by atomic mass is 10.2. The first-order chi connectivity index (χ1) is 11.0. The molecule has 0 aliphatic heterocycles. The van der Waals surface area contributed by atoms with Crippen molar-refractivity contribution in [3.63, 3.8) is 0 Å². The summed E-state index contributed by atoms with van der Waals surface area (Å²) in [5.41, 5.74) is 1.34. The van der Waals surface area contributed by atoms with Gasteiger partial charge in [0.05, 0.1) is 0 Å². The molecule has 0 radical (unpaired) electrons. The van der Waals surface area contributed by atoms with Gasteiger partial charge in [-0.25, -0.2) is 9.78 Å². The van der Waals surface area contributed by atoms with E-state index in [2.05, 4.69) is 4.98 Å². The maximum absolute atomic E-state index is 11.8. The number of aryl methyl sites for hydroxylation is 1. The third-order valence-corrected chi connectivity index (χ3v) is 3.79. The SMILES string of the molecule is Cc1ccc(OCc2nc(C(=O)OCC(=O)N(C)C)cs2)cc1. The number of benzene rings is 1. The van der Waals surface area contributed by atoms with Gasteiger partial charge in [-0.1, -0.05) is 17.7 Å². The van der Waals surface area contributed by atoms with Gasteiger partial charge in [0, 0.05) is 19.5 Å². The van der Waals surface area contributed by atoms with Crippen LogP contribution in [0.2, 0.25) is 0 Å². The second-order valence-corrected chi connectivity index (χ2v) is 6.04. The number of thiazole rings is 1. The third kappa shape index (κ3) is 5.07. The average Bonchev–Trinajstić information content (AvgIpc) is 3.00. The fourth-order valence-electron chi connectivity index (χ4n) is 1.58. The van der Waals surface area contributed by atoms with Gasteiger partial charge in [-0.2, -0.15) is 0 Å². The number of rotatable bonds is 6. The fraction of sp³-hybridized carbons (Fsp3) is 0.312. The first kappa shape index (κ1) is 17.0. The number of carbonyl (C=O) groups is 2. The van der Waals surface area contributed by atoms with Crippen molar-refractivity contribution in [1.82, 2.24) is 9.88 Å². The summed E-state index contributed by atoms with van der Waals surface area (Å²) in [5.74, 6) is -0.152. The maximum Gasteiger partial charge on any atom is 0.358 e. The van der Waals surface area contributed by atoms with Crippen molar-refractivity contribution in [2.24, 2.45) is 0 Å². The molecular weight excluding hydrogens is 316 g/mol. The number of esters is 1. The highest BCUT2D eigenvalue weighted by Gasteiger charge is 2.15. The summed E-state index contributed by atoms with van der Waals surface area (Å²) in [7, 11) is 3.19. The number of aromatic nitrogens is 1. The van der Waals surface area contributed by atoms with Crippen molar-refractivity contribution < 1.29 is 19.1 Å². The first-order valence-corrected chi connectivity index (χ1v) is 7.85. The summed E-state index contributed by atoms with van der Waals surface area (Å²) in [6.07, 6.45) is 0. The quantitative estimate of drug-likeness (QED) is 0.758. The topological polar surface area (TPSA) is 68.7 Å². The minimum absolute atomic E-state index is 0.184. The molecule has 0 saturated heterocycles. The number of likely N-dealkylation sites (N-methyl/N-ethyl adjacent to an activating group) is 1. The van der Waals surface area contributed by atoms with Gasteiger partial charge >= 0.3 is 5.97 Å². The van der Waals surface area contributed by atoms with Crippen LogP contribution >= 0.6 is 11.3 Å². The summed E-state index contributed by atoms with van der Waals surface area (Å²) in [5, 5.41) is 2.26. The lowest BCUT2D eigenvalue weighted by molar-refractivity contribution is -0.131. The Morgan fingerprint density at radius 1 is 1.22 bits per heavy atom. The number of hydrogen-bond donors (Lipinski definition) is 0. The van der Waals surface area contributed by atoms with Crippen LogP contribution in [0.5, 0.6) is 5.75 Å². The van der Waals surface area contributed by atoms with Crippen molar-refractivity contribution in [3.8, 4) is 5.75 Å². The smallest absolute Gasteiger partial charge is 0.358 e. The molecule has 2 aromatic rings. The van der Waals surface area contributed by atoms with Crippen LogP contribution in [0.3, 0.4) is 0 Å². The van der Waals surface area contributed by atoms with Gasteiger partial charge in [-0.3, -0.25) is 4.79 Å². The summed E-state index contributed by atoms with van der Waals surface area (Å²) in [6, 6.07) is 7.68. The van der Waals surface area contributed by atoms with E-state index in [1.54, 1.807) is 19.5 Å². The molecule has 122 valence electrons. The highest BCUT2D eigenvalue weighted by atomic mass is 32.1. The molecule has 0 bridgehead atoms. The van der Waals surface area contributed by atoms with Crippen LogP contribution in [0.25, 0.3) is 0 Å². The Bertz CT molecular complexity index is 680. The Morgan fingerprint density at radius 3 is 2.57 bits per heavy atom. The number of carbonyl (C=O) groups excluding carboxylic acids is 2. The molecule has 1 aromatic heterocycles. The van der Waals surface area contributed by atoms with Crippen LogP contribution in [0, 0.1) is 6.92 Å². The van der Waals surface area contributed by atoms with Gasteiger partial charge < -0.3 is 14.4 Å². The fourth-order valence-corrected chi connectivity index (χ4v) is 2.26. The molecule has 0 fully saturated rings. The molecular formula is C16H18N2O4S. The van der Waals surface area contributed by atoms with E-state index in [1.807, 2.05) is 31.2 Å². The van der Waals surface area contributed by atoms with E-state index in [-0.39, 0.29) is 24.8 Å². The number of nitrogens with zero attached hydrogens (tertiary/aromatic N) is 2. The van der Waals surface area contributed by atoms with E-state index >= 15 is 0 Å². The van der Waals surface area contributed by atoms with E-state index in [1.165, 1.54) is 16.2 Å². The minimum Gasteiger partial charge on any atom is -0.486 e. The molecule has 7 heteroatoms. The lowest BCUT2D eigenvalue weighted by Gasteiger charge is -2.09. The summed E-state index contributed by atoms with van der Waals surface area (Å²) < 4.78 is 10.5. The summed E-state index contributed by atoms with van der Waals surface area (Å²) in [6.45, 7) is 1.99. The highest BCUT2D eigenvalue weighted by Crippen LogP contribution is 2.16. The third-order valence-electron chi connectivity index (χ3n) is 2.97. The second-order valence-electron chi connectivity index (χ2n) is 5.09. The summed E-state index contributed by atoms with van der Waals surface area (Å²) in [4.78, 5) is 28.7. The number of hydrogen-bond acceptors (Lipinski definition) is 6. The minimum atomic E-state index is -0.613.